The third kappa shape index (κ3) is 4.97. The van der Waals surface area contributed by atoms with Crippen molar-refractivity contribution in [3.63, 3.8) is 0 Å². The number of nitriles is 1. The molecule has 0 spiro atoms. The van der Waals surface area contributed by atoms with Crippen molar-refractivity contribution in [3.8, 4) is 6.07 Å². The summed E-state index contributed by atoms with van der Waals surface area (Å²) < 4.78 is 5.36. The Hall–Kier alpha value is -0.730. The maximum Gasteiger partial charge on any atom is 0.221 e. The summed E-state index contributed by atoms with van der Waals surface area (Å²) in [6.07, 6.45) is 2.09. The zero-order valence-electron chi connectivity index (χ0n) is 10.5. The first-order valence-corrected chi connectivity index (χ1v) is 7.15. The summed E-state index contributed by atoms with van der Waals surface area (Å²) in [7, 11) is 0. The number of amides is 1. The van der Waals surface area contributed by atoms with E-state index in [2.05, 4.69) is 11.4 Å². The van der Waals surface area contributed by atoms with Gasteiger partial charge in [0.2, 0.25) is 5.91 Å². The van der Waals surface area contributed by atoms with Gasteiger partial charge in [0.25, 0.3) is 0 Å². The molecule has 1 saturated heterocycles. The molecule has 1 aliphatic rings. The Kier molecular flexibility index (Phi) is 5.79. The maximum absolute atomic E-state index is 11.7. The van der Waals surface area contributed by atoms with Crippen molar-refractivity contribution >= 4 is 17.7 Å². The van der Waals surface area contributed by atoms with Crippen molar-refractivity contribution in [2.45, 2.75) is 44.8 Å². The molecule has 17 heavy (non-hydrogen) atoms. The fourth-order valence-electron chi connectivity index (χ4n) is 1.66. The fraction of sp³-hybridized carbons (Fsp3) is 0.833. The molecule has 1 fully saturated rings. The zero-order valence-corrected chi connectivity index (χ0v) is 11.3. The first kappa shape index (κ1) is 14.3. The highest BCUT2D eigenvalue weighted by Gasteiger charge is 2.35. The first-order valence-electron chi connectivity index (χ1n) is 5.99. The molecule has 1 N–H and O–H groups in total. The number of hydrogen-bond donors (Lipinski definition) is 1. The van der Waals surface area contributed by atoms with Crippen LogP contribution in [0.5, 0.6) is 0 Å². The Labute approximate surface area is 107 Å². The topological polar surface area (TPSA) is 62.1 Å². The molecule has 0 aromatic heterocycles. The van der Waals surface area contributed by atoms with Gasteiger partial charge < -0.3 is 10.1 Å². The highest BCUT2D eigenvalue weighted by molar-refractivity contribution is 7.99. The van der Waals surface area contributed by atoms with Crippen LogP contribution in [-0.2, 0) is 9.53 Å². The van der Waals surface area contributed by atoms with Crippen molar-refractivity contribution in [3.05, 3.63) is 0 Å². The van der Waals surface area contributed by atoms with Gasteiger partial charge in [-0.2, -0.15) is 17.0 Å². The van der Waals surface area contributed by atoms with E-state index < -0.39 is 5.54 Å². The van der Waals surface area contributed by atoms with E-state index in [1.165, 1.54) is 0 Å². The Morgan fingerprint density at radius 1 is 1.65 bits per heavy atom. The van der Waals surface area contributed by atoms with Gasteiger partial charge in [-0.25, -0.2) is 0 Å². The van der Waals surface area contributed by atoms with Gasteiger partial charge in [0.05, 0.1) is 12.2 Å². The molecule has 0 aromatic carbocycles. The molecule has 1 heterocycles. The summed E-state index contributed by atoms with van der Waals surface area (Å²) in [6, 6.07) is 2.23. The van der Waals surface area contributed by atoms with E-state index in [1.54, 1.807) is 11.8 Å². The Morgan fingerprint density at radius 2 is 2.41 bits per heavy atom. The van der Waals surface area contributed by atoms with Crippen molar-refractivity contribution < 1.29 is 9.53 Å². The van der Waals surface area contributed by atoms with E-state index in [9.17, 15) is 4.79 Å². The molecule has 1 atom stereocenters. The highest BCUT2D eigenvalue weighted by Crippen LogP contribution is 2.27. The lowest BCUT2D eigenvalue weighted by molar-refractivity contribution is -0.122. The van der Waals surface area contributed by atoms with Gasteiger partial charge in [-0.1, -0.05) is 0 Å². The molecule has 1 amide bonds. The van der Waals surface area contributed by atoms with E-state index in [0.717, 1.165) is 12.2 Å². The van der Waals surface area contributed by atoms with Crippen LogP contribution in [0.2, 0.25) is 0 Å². The van der Waals surface area contributed by atoms with Crippen LogP contribution < -0.4 is 5.32 Å². The maximum atomic E-state index is 11.7. The lowest BCUT2D eigenvalue weighted by Crippen LogP contribution is -2.47. The molecular weight excluding hydrogens is 236 g/mol. The molecular formula is C12H20N2O2S. The predicted octanol–water partition coefficient (Wildman–Crippen LogP) is 1.71. The summed E-state index contributed by atoms with van der Waals surface area (Å²) >= 11 is 1.72. The van der Waals surface area contributed by atoms with Crippen LogP contribution in [0.4, 0.5) is 0 Å². The van der Waals surface area contributed by atoms with Crippen molar-refractivity contribution in [1.82, 2.24) is 5.32 Å². The summed E-state index contributed by atoms with van der Waals surface area (Å²) in [6.45, 7) is 4.54. The summed E-state index contributed by atoms with van der Waals surface area (Å²) in [4.78, 5) is 11.7. The minimum absolute atomic E-state index is 0.0404. The lowest BCUT2D eigenvalue weighted by Gasteiger charge is -2.21. The van der Waals surface area contributed by atoms with Gasteiger partial charge in [0, 0.05) is 18.8 Å². The number of hydrogen-bond acceptors (Lipinski definition) is 4. The summed E-state index contributed by atoms with van der Waals surface area (Å²) in [5.74, 6) is 1.61. The van der Waals surface area contributed by atoms with E-state index >= 15 is 0 Å². The van der Waals surface area contributed by atoms with Crippen LogP contribution in [0.1, 0.15) is 33.1 Å². The van der Waals surface area contributed by atoms with Crippen LogP contribution in [0.25, 0.3) is 0 Å². The largest absolute Gasteiger partial charge is 0.379 e. The van der Waals surface area contributed by atoms with Crippen LogP contribution >= 0.6 is 11.8 Å². The van der Waals surface area contributed by atoms with Gasteiger partial charge in [0.1, 0.15) is 5.54 Å². The monoisotopic (exact) mass is 256 g/mol. The number of rotatable bonds is 6. The second-order valence-electron chi connectivity index (χ2n) is 4.57. The number of carbonyl (C=O) groups excluding carboxylic acids is 1. The van der Waals surface area contributed by atoms with Gasteiger partial charge in [0.15, 0.2) is 0 Å². The van der Waals surface area contributed by atoms with Crippen LogP contribution in [0, 0.1) is 11.3 Å². The van der Waals surface area contributed by atoms with E-state index in [1.807, 2.05) is 13.8 Å². The quantitative estimate of drug-likeness (QED) is 0.735. The summed E-state index contributed by atoms with van der Waals surface area (Å²) in [5.41, 5.74) is -0.624. The number of nitrogens with one attached hydrogen (secondary N) is 1. The molecule has 1 unspecified atom stereocenters. The van der Waals surface area contributed by atoms with Crippen molar-refractivity contribution in [1.29, 1.82) is 5.26 Å². The van der Waals surface area contributed by atoms with Crippen LogP contribution in [0.3, 0.4) is 0 Å². The molecule has 1 aliphatic heterocycles. The number of thioether (sulfide) groups is 1. The molecule has 4 nitrogen and oxygen atoms in total. The van der Waals surface area contributed by atoms with Gasteiger partial charge in [-0.15, -0.1) is 0 Å². The van der Waals surface area contributed by atoms with E-state index in [4.69, 9.17) is 10.00 Å². The molecule has 5 heteroatoms. The second-order valence-corrected chi connectivity index (χ2v) is 5.67. The van der Waals surface area contributed by atoms with Gasteiger partial charge in [-0.3, -0.25) is 4.79 Å². The van der Waals surface area contributed by atoms with Crippen LogP contribution in [0.15, 0.2) is 0 Å². The molecule has 0 radical (unpaired) electrons. The van der Waals surface area contributed by atoms with Gasteiger partial charge in [-0.05, 0) is 32.4 Å². The van der Waals surface area contributed by atoms with Crippen molar-refractivity contribution in [2.24, 2.45) is 0 Å². The Bertz CT molecular complexity index is 293. The van der Waals surface area contributed by atoms with Gasteiger partial charge >= 0.3 is 0 Å². The smallest absolute Gasteiger partial charge is 0.221 e. The molecule has 0 aromatic rings. The molecule has 0 saturated carbocycles. The Balaban J connectivity index is 2.22. The number of nitrogens with zero attached hydrogens (tertiary/aromatic N) is 1. The minimum Gasteiger partial charge on any atom is -0.379 e. The molecule has 0 bridgehead atoms. The predicted molar refractivity (Wildman–Crippen MR) is 68.8 cm³/mol. The SMILES string of the molecule is CC(C)OCCCC(=O)NC1(C#N)CCSC1. The molecule has 1 rings (SSSR count). The van der Waals surface area contributed by atoms with Crippen molar-refractivity contribution in [2.75, 3.05) is 18.1 Å². The third-order valence-corrected chi connectivity index (χ3v) is 3.80. The summed E-state index contributed by atoms with van der Waals surface area (Å²) in [5, 5.41) is 12.0. The number of carbonyl (C=O) groups is 1. The molecule has 96 valence electrons. The lowest BCUT2D eigenvalue weighted by atomic mass is 10.0. The number of ether oxygens (including phenoxy) is 1. The Morgan fingerprint density at radius 3 is 2.94 bits per heavy atom. The zero-order chi connectivity index (χ0) is 12.7. The highest BCUT2D eigenvalue weighted by atomic mass is 32.2. The fourth-order valence-corrected chi connectivity index (χ4v) is 2.93. The average Bonchev–Trinajstić information content (AvgIpc) is 2.73. The standard InChI is InChI=1S/C12H20N2O2S/c1-10(2)16-6-3-4-11(15)14-12(8-13)5-7-17-9-12/h10H,3-7,9H2,1-2H3,(H,14,15). The minimum atomic E-state index is -0.624. The van der Waals surface area contributed by atoms with Crippen LogP contribution in [-0.4, -0.2) is 35.7 Å². The van der Waals surface area contributed by atoms with E-state index in [-0.39, 0.29) is 12.0 Å². The first-order chi connectivity index (χ1) is 8.08. The van der Waals surface area contributed by atoms with E-state index in [0.29, 0.717) is 25.2 Å². The normalized spacial score (nSPS) is 23.6. The second kappa shape index (κ2) is 6.87. The molecule has 0 aliphatic carbocycles. The third-order valence-electron chi connectivity index (χ3n) is 2.61. The average molecular weight is 256 g/mol.